The molecule has 2 rings (SSSR count). The molecule has 0 aliphatic carbocycles. The molecule has 3 heteroatoms. The molecule has 0 saturated heterocycles. The van der Waals surface area contributed by atoms with E-state index in [9.17, 15) is 0 Å². The summed E-state index contributed by atoms with van der Waals surface area (Å²) in [5, 5.41) is 5.69. The molecule has 1 unspecified atom stereocenters. The quantitative estimate of drug-likeness (QED) is 0.863. The van der Waals surface area contributed by atoms with Crippen LogP contribution >= 0.6 is 27.3 Å². The zero-order chi connectivity index (χ0) is 12.1. The monoisotopic (exact) mass is 309 g/mol. The second-order valence-electron chi connectivity index (χ2n) is 3.95. The Morgan fingerprint density at radius 1 is 1.29 bits per heavy atom. The fraction of sp³-hybridized carbons (Fsp3) is 0.286. The van der Waals surface area contributed by atoms with Crippen LogP contribution in [0.4, 0.5) is 0 Å². The largest absolute Gasteiger partial charge is 0.310 e. The van der Waals surface area contributed by atoms with E-state index in [1.54, 1.807) is 0 Å². The summed E-state index contributed by atoms with van der Waals surface area (Å²) in [6.07, 6.45) is 1.06. The first kappa shape index (κ1) is 12.8. The van der Waals surface area contributed by atoms with Gasteiger partial charge in [0, 0.05) is 21.8 Å². The van der Waals surface area contributed by atoms with Gasteiger partial charge in [0.1, 0.15) is 0 Å². The first-order valence-electron chi connectivity index (χ1n) is 5.81. The Kier molecular flexibility index (Phi) is 4.77. The van der Waals surface area contributed by atoms with Crippen molar-refractivity contribution in [2.45, 2.75) is 19.4 Å². The summed E-state index contributed by atoms with van der Waals surface area (Å²) in [7, 11) is 0. The van der Waals surface area contributed by atoms with E-state index >= 15 is 0 Å². The van der Waals surface area contributed by atoms with Crippen molar-refractivity contribution in [3.63, 3.8) is 0 Å². The molecular weight excluding hydrogens is 294 g/mol. The zero-order valence-electron chi connectivity index (χ0n) is 9.82. The van der Waals surface area contributed by atoms with Crippen molar-refractivity contribution in [1.82, 2.24) is 5.32 Å². The highest BCUT2D eigenvalue weighted by Gasteiger charge is 2.11. The molecule has 1 N–H and O–H groups in total. The van der Waals surface area contributed by atoms with Crippen molar-refractivity contribution in [2.75, 3.05) is 6.54 Å². The summed E-state index contributed by atoms with van der Waals surface area (Å²) < 4.78 is 1.14. The summed E-state index contributed by atoms with van der Waals surface area (Å²) in [6, 6.07) is 13.3. The minimum Gasteiger partial charge on any atom is -0.310 e. The normalized spacial score (nSPS) is 12.6. The highest BCUT2D eigenvalue weighted by atomic mass is 79.9. The van der Waals surface area contributed by atoms with E-state index in [-0.39, 0.29) is 0 Å². The molecule has 90 valence electrons. The standard InChI is InChI=1S/C14H16BrNS/c1-2-16-14(10-13-7-4-8-17-13)11-5-3-6-12(15)9-11/h3-9,14,16H,2,10H2,1H3. The van der Waals surface area contributed by atoms with Gasteiger partial charge in [-0.25, -0.2) is 0 Å². The Morgan fingerprint density at radius 3 is 2.82 bits per heavy atom. The van der Waals surface area contributed by atoms with Gasteiger partial charge in [-0.15, -0.1) is 11.3 Å². The van der Waals surface area contributed by atoms with Crippen LogP contribution in [-0.4, -0.2) is 6.54 Å². The molecule has 0 bridgehead atoms. The van der Waals surface area contributed by atoms with E-state index < -0.39 is 0 Å². The molecule has 0 fully saturated rings. The molecule has 0 spiro atoms. The van der Waals surface area contributed by atoms with Crippen LogP contribution in [0.5, 0.6) is 0 Å². The number of thiophene rings is 1. The smallest absolute Gasteiger partial charge is 0.0369 e. The first-order valence-corrected chi connectivity index (χ1v) is 7.48. The average Bonchev–Trinajstić information content (AvgIpc) is 2.81. The minimum absolute atomic E-state index is 0.399. The highest BCUT2D eigenvalue weighted by Crippen LogP contribution is 2.23. The zero-order valence-corrected chi connectivity index (χ0v) is 12.2. The van der Waals surface area contributed by atoms with E-state index in [1.807, 2.05) is 11.3 Å². The van der Waals surface area contributed by atoms with Gasteiger partial charge in [-0.3, -0.25) is 0 Å². The summed E-state index contributed by atoms with van der Waals surface area (Å²) in [6.45, 7) is 3.14. The van der Waals surface area contributed by atoms with Crippen LogP contribution in [0.3, 0.4) is 0 Å². The van der Waals surface area contributed by atoms with Crippen molar-refractivity contribution in [1.29, 1.82) is 0 Å². The summed E-state index contributed by atoms with van der Waals surface area (Å²) in [5.41, 5.74) is 1.34. The number of halogens is 1. The third-order valence-corrected chi connectivity index (χ3v) is 4.08. The van der Waals surface area contributed by atoms with Gasteiger partial charge >= 0.3 is 0 Å². The van der Waals surface area contributed by atoms with E-state index in [2.05, 4.69) is 69.9 Å². The second-order valence-corrected chi connectivity index (χ2v) is 5.90. The molecule has 1 atom stereocenters. The maximum absolute atomic E-state index is 3.55. The first-order chi connectivity index (χ1) is 8.29. The number of likely N-dealkylation sites (N-methyl/N-ethyl adjacent to an activating group) is 1. The lowest BCUT2D eigenvalue weighted by molar-refractivity contribution is 0.553. The molecule has 1 aromatic carbocycles. The Balaban J connectivity index is 2.16. The van der Waals surface area contributed by atoms with Crippen molar-refractivity contribution < 1.29 is 0 Å². The Morgan fingerprint density at radius 2 is 2.18 bits per heavy atom. The minimum atomic E-state index is 0.399. The van der Waals surface area contributed by atoms with Crippen LogP contribution in [-0.2, 0) is 6.42 Å². The van der Waals surface area contributed by atoms with Gasteiger partial charge in [-0.05, 0) is 35.7 Å². The van der Waals surface area contributed by atoms with Gasteiger partial charge in [0.2, 0.25) is 0 Å². The topological polar surface area (TPSA) is 12.0 Å². The molecule has 1 nitrogen and oxygen atoms in total. The number of hydrogen-bond donors (Lipinski definition) is 1. The predicted molar refractivity (Wildman–Crippen MR) is 78.6 cm³/mol. The molecule has 2 aromatic rings. The third-order valence-electron chi connectivity index (χ3n) is 2.69. The molecule has 0 aliphatic rings. The van der Waals surface area contributed by atoms with Gasteiger partial charge in [-0.1, -0.05) is 41.1 Å². The van der Waals surface area contributed by atoms with Crippen LogP contribution < -0.4 is 5.32 Å². The van der Waals surface area contributed by atoms with Gasteiger partial charge < -0.3 is 5.32 Å². The summed E-state index contributed by atoms with van der Waals surface area (Å²) >= 11 is 5.36. The maximum atomic E-state index is 3.55. The Hall–Kier alpha value is -0.640. The van der Waals surface area contributed by atoms with E-state index in [4.69, 9.17) is 0 Å². The van der Waals surface area contributed by atoms with Gasteiger partial charge in [-0.2, -0.15) is 0 Å². The van der Waals surface area contributed by atoms with Gasteiger partial charge in [0.15, 0.2) is 0 Å². The van der Waals surface area contributed by atoms with Crippen LogP contribution in [0.25, 0.3) is 0 Å². The molecule has 1 heterocycles. The summed E-state index contributed by atoms with van der Waals surface area (Å²) in [4.78, 5) is 1.43. The third kappa shape index (κ3) is 3.66. The molecule has 17 heavy (non-hydrogen) atoms. The van der Waals surface area contributed by atoms with Crippen molar-refractivity contribution in [2.24, 2.45) is 0 Å². The van der Waals surface area contributed by atoms with Crippen LogP contribution in [0, 0.1) is 0 Å². The fourth-order valence-electron chi connectivity index (χ4n) is 1.91. The number of rotatable bonds is 5. The number of nitrogens with one attached hydrogen (secondary N) is 1. The van der Waals surface area contributed by atoms with E-state index in [1.165, 1.54) is 10.4 Å². The maximum Gasteiger partial charge on any atom is 0.0369 e. The highest BCUT2D eigenvalue weighted by molar-refractivity contribution is 9.10. The van der Waals surface area contributed by atoms with Crippen molar-refractivity contribution >= 4 is 27.3 Å². The fourth-order valence-corrected chi connectivity index (χ4v) is 3.08. The van der Waals surface area contributed by atoms with Crippen LogP contribution in [0.2, 0.25) is 0 Å². The SMILES string of the molecule is CCNC(Cc1cccs1)c1cccc(Br)c1. The van der Waals surface area contributed by atoms with Crippen molar-refractivity contribution in [3.8, 4) is 0 Å². The summed E-state index contributed by atoms with van der Waals surface area (Å²) in [5.74, 6) is 0. The second kappa shape index (κ2) is 6.34. The number of hydrogen-bond acceptors (Lipinski definition) is 2. The van der Waals surface area contributed by atoms with Crippen LogP contribution in [0.15, 0.2) is 46.3 Å². The van der Waals surface area contributed by atoms with Gasteiger partial charge in [0.25, 0.3) is 0 Å². The molecular formula is C14H16BrNS. The lowest BCUT2D eigenvalue weighted by Gasteiger charge is -2.18. The van der Waals surface area contributed by atoms with E-state index in [0.29, 0.717) is 6.04 Å². The average molecular weight is 310 g/mol. The molecule has 0 aliphatic heterocycles. The molecule has 0 amide bonds. The van der Waals surface area contributed by atoms with Gasteiger partial charge in [0.05, 0.1) is 0 Å². The lowest BCUT2D eigenvalue weighted by atomic mass is 10.0. The Bertz CT molecular complexity index is 453. The Labute approximate surface area is 115 Å². The molecule has 0 saturated carbocycles. The van der Waals surface area contributed by atoms with Crippen LogP contribution in [0.1, 0.15) is 23.4 Å². The van der Waals surface area contributed by atoms with E-state index in [0.717, 1.165) is 17.4 Å². The molecule has 0 radical (unpaired) electrons. The van der Waals surface area contributed by atoms with Crippen molar-refractivity contribution in [3.05, 3.63) is 56.7 Å². The number of benzene rings is 1. The predicted octanol–water partition coefficient (Wildman–Crippen LogP) is 4.40. The lowest BCUT2D eigenvalue weighted by Crippen LogP contribution is -2.22. The molecule has 1 aromatic heterocycles.